The Morgan fingerprint density at radius 1 is 1.38 bits per heavy atom. The molecule has 1 aromatic carbocycles. The molecule has 0 bridgehead atoms. The highest BCUT2D eigenvalue weighted by molar-refractivity contribution is 7.13. The van der Waals surface area contributed by atoms with Crippen molar-refractivity contribution in [2.45, 2.75) is 12.8 Å². The summed E-state index contributed by atoms with van der Waals surface area (Å²) < 4.78 is 0. The summed E-state index contributed by atoms with van der Waals surface area (Å²) >= 11 is 1.30. The van der Waals surface area contributed by atoms with Gasteiger partial charge < -0.3 is 16.2 Å². The van der Waals surface area contributed by atoms with Gasteiger partial charge in [-0.15, -0.1) is 11.3 Å². The van der Waals surface area contributed by atoms with Gasteiger partial charge in [-0.05, 0) is 24.1 Å². The summed E-state index contributed by atoms with van der Waals surface area (Å²) in [7, 11) is 0. The van der Waals surface area contributed by atoms with Crippen molar-refractivity contribution in [3.63, 3.8) is 0 Å². The zero-order valence-corrected chi connectivity index (χ0v) is 12.0. The highest BCUT2D eigenvalue weighted by atomic mass is 32.1. The molecular formula is C14H15N3O3S. The number of thiazole rings is 1. The maximum Gasteiger partial charge on any atom is 0.335 e. The number of carbonyl (C=O) groups is 2. The zero-order valence-electron chi connectivity index (χ0n) is 11.2. The van der Waals surface area contributed by atoms with Crippen LogP contribution in [-0.4, -0.2) is 28.5 Å². The van der Waals surface area contributed by atoms with Crippen LogP contribution in [0.1, 0.15) is 21.6 Å². The van der Waals surface area contributed by atoms with Crippen molar-refractivity contribution in [2.24, 2.45) is 0 Å². The molecule has 6 nitrogen and oxygen atoms in total. The van der Waals surface area contributed by atoms with E-state index in [4.69, 9.17) is 10.8 Å². The van der Waals surface area contributed by atoms with E-state index in [2.05, 4.69) is 10.3 Å². The Balaban J connectivity index is 1.80. The summed E-state index contributed by atoms with van der Waals surface area (Å²) in [4.78, 5) is 26.6. The molecule has 2 rings (SSSR count). The van der Waals surface area contributed by atoms with Crippen molar-refractivity contribution in [3.8, 4) is 0 Å². The van der Waals surface area contributed by atoms with E-state index in [0.29, 0.717) is 23.8 Å². The molecule has 0 radical (unpaired) electrons. The Bertz CT molecular complexity index is 654. The first-order valence-corrected chi connectivity index (χ1v) is 7.21. The molecule has 0 spiro atoms. The molecule has 2 aromatic rings. The number of nitrogens with zero attached hydrogens (tertiary/aromatic N) is 1. The summed E-state index contributed by atoms with van der Waals surface area (Å²) in [5.74, 6) is -1.09. The predicted octanol–water partition coefficient (Wildman–Crippen LogP) is 1.32. The fourth-order valence-electron chi connectivity index (χ4n) is 1.84. The maximum absolute atomic E-state index is 11.7. The first kappa shape index (κ1) is 15.0. The van der Waals surface area contributed by atoms with Gasteiger partial charge in [0.05, 0.1) is 17.7 Å². The number of carbonyl (C=O) groups excluding carboxylic acids is 1. The Morgan fingerprint density at radius 2 is 2.19 bits per heavy atom. The standard InChI is InChI=1S/C14H15N3O3S/c15-14-17-11(8-21-14)7-12(18)16-5-4-9-2-1-3-10(6-9)13(19)20/h1-3,6,8H,4-5,7H2,(H2,15,17)(H,16,18)(H,19,20). The minimum atomic E-state index is -0.956. The number of hydrogen-bond donors (Lipinski definition) is 3. The lowest BCUT2D eigenvalue weighted by Gasteiger charge is -2.05. The molecule has 0 aliphatic rings. The fourth-order valence-corrected chi connectivity index (χ4v) is 2.40. The molecule has 7 heteroatoms. The Labute approximate surface area is 125 Å². The lowest BCUT2D eigenvalue weighted by molar-refractivity contribution is -0.120. The molecule has 1 heterocycles. The maximum atomic E-state index is 11.7. The van der Waals surface area contributed by atoms with E-state index >= 15 is 0 Å². The normalized spacial score (nSPS) is 10.3. The van der Waals surface area contributed by atoms with Gasteiger partial charge in [-0.1, -0.05) is 12.1 Å². The lowest BCUT2D eigenvalue weighted by atomic mass is 10.1. The first-order valence-electron chi connectivity index (χ1n) is 6.33. The highest BCUT2D eigenvalue weighted by Gasteiger charge is 2.07. The number of nitrogens with one attached hydrogen (secondary N) is 1. The molecule has 0 aliphatic heterocycles. The number of aromatic carboxylic acids is 1. The summed E-state index contributed by atoms with van der Waals surface area (Å²) in [6, 6.07) is 6.67. The third kappa shape index (κ3) is 4.57. The molecule has 1 aromatic heterocycles. The second-order valence-electron chi connectivity index (χ2n) is 4.46. The van der Waals surface area contributed by atoms with Crippen LogP contribution in [0.3, 0.4) is 0 Å². The second kappa shape index (κ2) is 6.85. The van der Waals surface area contributed by atoms with Crippen molar-refractivity contribution >= 4 is 28.3 Å². The van der Waals surface area contributed by atoms with E-state index in [0.717, 1.165) is 5.56 Å². The summed E-state index contributed by atoms with van der Waals surface area (Å²) in [5, 5.41) is 13.9. The van der Waals surface area contributed by atoms with Gasteiger partial charge in [0.2, 0.25) is 5.91 Å². The summed E-state index contributed by atoms with van der Waals surface area (Å²) in [6.45, 7) is 0.446. The smallest absolute Gasteiger partial charge is 0.335 e. The third-order valence-corrected chi connectivity index (χ3v) is 3.54. The van der Waals surface area contributed by atoms with Crippen LogP contribution in [0.4, 0.5) is 5.13 Å². The molecule has 0 saturated carbocycles. The zero-order chi connectivity index (χ0) is 15.2. The predicted molar refractivity (Wildman–Crippen MR) is 80.3 cm³/mol. The lowest BCUT2D eigenvalue weighted by Crippen LogP contribution is -2.27. The number of rotatable bonds is 6. The van der Waals surface area contributed by atoms with Crippen LogP contribution in [0.2, 0.25) is 0 Å². The van der Waals surface area contributed by atoms with E-state index < -0.39 is 5.97 Å². The van der Waals surface area contributed by atoms with Crippen LogP contribution < -0.4 is 11.1 Å². The SMILES string of the molecule is Nc1nc(CC(=O)NCCc2cccc(C(=O)O)c2)cs1. The van der Waals surface area contributed by atoms with Crippen LogP contribution in [0.25, 0.3) is 0 Å². The molecule has 0 atom stereocenters. The molecule has 0 unspecified atom stereocenters. The van der Waals surface area contributed by atoms with Gasteiger partial charge >= 0.3 is 5.97 Å². The highest BCUT2D eigenvalue weighted by Crippen LogP contribution is 2.11. The summed E-state index contributed by atoms with van der Waals surface area (Å²) in [6.07, 6.45) is 0.773. The van der Waals surface area contributed by atoms with Crippen molar-refractivity contribution < 1.29 is 14.7 Å². The Kier molecular flexibility index (Phi) is 4.89. The molecule has 0 fully saturated rings. The number of carboxylic acid groups (broad SMARTS) is 1. The number of nitrogen functional groups attached to an aromatic ring is 1. The number of carboxylic acids is 1. The van der Waals surface area contributed by atoms with Gasteiger partial charge in [-0.3, -0.25) is 4.79 Å². The fraction of sp³-hybridized carbons (Fsp3) is 0.214. The van der Waals surface area contributed by atoms with Crippen molar-refractivity contribution in [3.05, 3.63) is 46.5 Å². The van der Waals surface area contributed by atoms with E-state index in [1.165, 1.54) is 17.4 Å². The van der Waals surface area contributed by atoms with Crippen molar-refractivity contribution in [1.29, 1.82) is 0 Å². The number of nitrogens with two attached hydrogens (primary N) is 1. The number of amides is 1. The molecule has 110 valence electrons. The number of aromatic nitrogens is 1. The van der Waals surface area contributed by atoms with Crippen LogP contribution >= 0.6 is 11.3 Å². The average molecular weight is 305 g/mol. The summed E-state index contributed by atoms with van der Waals surface area (Å²) in [5.41, 5.74) is 7.27. The van der Waals surface area contributed by atoms with Crippen molar-refractivity contribution in [1.82, 2.24) is 10.3 Å². The van der Waals surface area contributed by atoms with Crippen LogP contribution in [0, 0.1) is 0 Å². The van der Waals surface area contributed by atoms with Gasteiger partial charge in [0.1, 0.15) is 0 Å². The van der Waals surface area contributed by atoms with Gasteiger partial charge in [-0.2, -0.15) is 0 Å². The van der Waals surface area contributed by atoms with Gasteiger partial charge in [0, 0.05) is 11.9 Å². The third-order valence-electron chi connectivity index (χ3n) is 2.82. The average Bonchev–Trinajstić information content (AvgIpc) is 2.84. The van der Waals surface area contributed by atoms with E-state index in [9.17, 15) is 9.59 Å². The van der Waals surface area contributed by atoms with Gasteiger partial charge in [0.15, 0.2) is 5.13 Å². The van der Waals surface area contributed by atoms with Crippen LogP contribution in [0.15, 0.2) is 29.6 Å². The first-order chi connectivity index (χ1) is 10.0. The molecule has 4 N–H and O–H groups in total. The topological polar surface area (TPSA) is 105 Å². The Morgan fingerprint density at radius 3 is 2.86 bits per heavy atom. The quantitative estimate of drug-likeness (QED) is 0.746. The van der Waals surface area contributed by atoms with E-state index in [1.54, 1.807) is 17.5 Å². The molecule has 0 aliphatic carbocycles. The molecule has 1 amide bonds. The number of anilines is 1. The number of benzene rings is 1. The number of hydrogen-bond acceptors (Lipinski definition) is 5. The minimum absolute atomic E-state index is 0.130. The molecule has 0 saturated heterocycles. The molecule has 21 heavy (non-hydrogen) atoms. The van der Waals surface area contributed by atoms with Crippen molar-refractivity contribution in [2.75, 3.05) is 12.3 Å². The largest absolute Gasteiger partial charge is 0.478 e. The van der Waals surface area contributed by atoms with Crippen LogP contribution in [0.5, 0.6) is 0 Å². The Hall–Kier alpha value is -2.41. The van der Waals surface area contributed by atoms with E-state index in [-0.39, 0.29) is 17.9 Å². The monoisotopic (exact) mass is 305 g/mol. The van der Waals surface area contributed by atoms with Gasteiger partial charge in [-0.25, -0.2) is 9.78 Å². The minimum Gasteiger partial charge on any atom is -0.478 e. The van der Waals surface area contributed by atoms with E-state index in [1.807, 2.05) is 6.07 Å². The van der Waals surface area contributed by atoms with Crippen LogP contribution in [-0.2, 0) is 17.6 Å². The van der Waals surface area contributed by atoms with Gasteiger partial charge in [0.25, 0.3) is 0 Å². The molecular weight excluding hydrogens is 290 g/mol. The second-order valence-corrected chi connectivity index (χ2v) is 5.35.